The second kappa shape index (κ2) is 78.6. The van der Waals surface area contributed by atoms with Gasteiger partial charge in [-0.25, -0.2) is 9.13 Å². The highest BCUT2D eigenvalue weighted by atomic mass is 31.2. The molecular weight excluding hydrogens is 1410 g/mol. The van der Waals surface area contributed by atoms with E-state index in [4.69, 9.17) is 37.0 Å². The number of esters is 4. The minimum atomic E-state index is -4.97. The minimum Gasteiger partial charge on any atom is -0.462 e. The summed E-state index contributed by atoms with van der Waals surface area (Å²) in [5.41, 5.74) is 0. The number of phosphoric acid groups is 2. The summed E-state index contributed by atoms with van der Waals surface area (Å²) in [6.45, 7) is 14.4. The van der Waals surface area contributed by atoms with Gasteiger partial charge in [-0.05, 0) is 49.4 Å². The summed E-state index contributed by atoms with van der Waals surface area (Å²) in [6, 6.07) is 0. The molecule has 0 aromatic heterocycles. The molecule has 4 unspecified atom stereocenters. The van der Waals surface area contributed by atoms with Crippen LogP contribution in [0.3, 0.4) is 0 Å². The Morgan fingerprint density at radius 1 is 0.257 bits per heavy atom. The van der Waals surface area contributed by atoms with E-state index >= 15 is 0 Å². The van der Waals surface area contributed by atoms with Crippen LogP contribution >= 0.6 is 15.6 Å². The van der Waals surface area contributed by atoms with Crippen LogP contribution in [-0.2, 0) is 65.4 Å². The van der Waals surface area contributed by atoms with E-state index in [0.717, 1.165) is 120 Å². The number of rotatable bonds is 87. The largest absolute Gasteiger partial charge is 0.472 e. The van der Waals surface area contributed by atoms with Crippen LogP contribution in [-0.4, -0.2) is 96.7 Å². The Kier molecular flexibility index (Phi) is 77.2. The molecule has 0 rings (SSSR count). The number of unbranched alkanes of at least 4 members (excludes halogenated alkanes) is 51. The SMILES string of the molecule is CCC(C)CCCCCCCCCCCCCCCCCCCCC(=O)OC[C@H](COP(=O)(O)OC[C@@H](O)COP(=O)(O)OC[C@@H](COC(=O)CCCCCCCCC(C)CC)OC(=O)CCCCCCCCCCCCCCCCCCC(C)C)OC(=O)CCCCCCCCCCCCCCCCCC(C)C. The fraction of sp³-hybridized carbons (Fsp3) is 0.956. The van der Waals surface area contributed by atoms with Gasteiger partial charge in [-0.15, -0.1) is 0 Å². The van der Waals surface area contributed by atoms with Crippen LogP contribution in [0, 0.1) is 23.7 Å². The Morgan fingerprint density at radius 3 is 0.651 bits per heavy atom. The fourth-order valence-corrected chi connectivity index (χ4v) is 15.5. The summed E-state index contributed by atoms with van der Waals surface area (Å²) < 4.78 is 69.0. The maximum absolute atomic E-state index is 13.2. The molecule has 0 heterocycles. The van der Waals surface area contributed by atoms with Gasteiger partial charge in [0.25, 0.3) is 0 Å². The van der Waals surface area contributed by atoms with Crippen molar-refractivity contribution in [1.82, 2.24) is 0 Å². The highest BCUT2D eigenvalue weighted by Crippen LogP contribution is 2.45. The number of carbonyl (C=O) groups excluding carboxylic acids is 4. The Hall–Kier alpha value is -1.94. The van der Waals surface area contributed by atoms with Gasteiger partial charge in [0.1, 0.15) is 19.3 Å². The molecule has 0 saturated heterocycles. The first-order valence-corrected chi connectivity index (χ1v) is 49.3. The van der Waals surface area contributed by atoms with Gasteiger partial charge in [-0.1, -0.05) is 421 Å². The van der Waals surface area contributed by atoms with Crippen molar-refractivity contribution in [3.05, 3.63) is 0 Å². The average molecular weight is 1590 g/mol. The standard InChI is InChI=1S/C90H176O17P2/c1-9-82(7)68-60-52-44-38-32-26-20-13-11-12-14-21-27-33-39-45-54-62-70-87(92)100-76-85(106-89(94)72-65-57-47-41-35-29-23-17-19-25-31-37-43-51-59-67-81(5)6)78-104-108(96,97)102-74-84(91)75-103-109(98,99)105-79-86(77-101-88(93)71-63-55-49-48-53-61-69-83(8)10-2)107-90(95)73-64-56-46-40-34-28-22-16-15-18-24-30-36-42-50-58-66-80(3)4/h80-86,91H,9-79H2,1-8H3,(H,96,97)(H,98,99)/t82?,83?,84-,85-,86-/m1/s1. The van der Waals surface area contributed by atoms with E-state index in [0.29, 0.717) is 25.7 Å². The molecule has 17 nitrogen and oxygen atoms in total. The van der Waals surface area contributed by atoms with Crippen molar-refractivity contribution >= 4 is 39.5 Å². The molecule has 0 saturated carbocycles. The van der Waals surface area contributed by atoms with E-state index in [1.165, 1.54) is 270 Å². The number of phosphoric ester groups is 2. The smallest absolute Gasteiger partial charge is 0.462 e. The van der Waals surface area contributed by atoms with Crippen LogP contribution in [0.15, 0.2) is 0 Å². The molecule has 0 aromatic rings. The van der Waals surface area contributed by atoms with Gasteiger partial charge in [-0.3, -0.25) is 37.3 Å². The lowest BCUT2D eigenvalue weighted by Crippen LogP contribution is -2.30. The lowest BCUT2D eigenvalue weighted by atomic mass is 9.99. The molecule has 0 radical (unpaired) electrons. The Bertz CT molecular complexity index is 2110. The molecule has 0 aliphatic rings. The highest BCUT2D eigenvalue weighted by molar-refractivity contribution is 7.47. The van der Waals surface area contributed by atoms with Crippen molar-refractivity contribution in [3.8, 4) is 0 Å². The van der Waals surface area contributed by atoms with Crippen LogP contribution in [0.5, 0.6) is 0 Å². The Balaban J connectivity index is 5.22. The molecule has 0 spiro atoms. The number of hydrogen-bond acceptors (Lipinski definition) is 15. The predicted molar refractivity (Wildman–Crippen MR) is 451 cm³/mol. The van der Waals surface area contributed by atoms with Gasteiger partial charge in [0, 0.05) is 25.7 Å². The molecule has 0 aliphatic heterocycles. The van der Waals surface area contributed by atoms with Crippen molar-refractivity contribution < 1.29 is 80.2 Å². The lowest BCUT2D eigenvalue weighted by Gasteiger charge is -2.21. The monoisotopic (exact) mass is 1590 g/mol. The van der Waals surface area contributed by atoms with Gasteiger partial charge < -0.3 is 33.8 Å². The molecule has 0 fully saturated rings. The molecule has 648 valence electrons. The predicted octanol–water partition coefficient (Wildman–Crippen LogP) is 27.5. The van der Waals surface area contributed by atoms with Crippen molar-refractivity contribution in [3.63, 3.8) is 0 Å². The first-order valence-electron chi connectivity index (χ1n) is 46.3. The van der Waals surface area contributed by atoms with Gasteiger partial charge in [-0.2, -0.15) is 0 Å². The van der Waals surface area contributed by atoms with Crippen LogP contribution < -0.4 is 0 Å². The first-order chi connectivity index (χ1) is 52.7. The molecule has 19 heteroatoms. The maximum atomic E-state index is 13.2. The van der Waals surface area contributed by atoms with E-state index < -0.39 is 97.5 Å². The third-order valence-corrected chi connectivity index (χ3v) is 23.7. The second-order valence-electron chi connectivity index (χ2n) is 33.8. The number of ether oxygens (including phenoxy) is 4. The molecule has 7 atom stereocenters. The lowest BCUT2D eigenvalue weighted by molar-refractivity contribution is -0.161. The van der Waals surface area contributed by atoms with Gasteiger partial charge in [0.05, 0.1) is 26.4 Å². The second-order valence-corrected chi connectivity index (χ2v) is 36.7. The molecule has 0 amide bonds. The summed E-state index contributed by atoms with van der Waals surface area (Å²) in [5, 5.41) is 10.7. The third kappa shape index (κ3) is 81.0. The quantitative estimate of drug-likeness (QED) is 0.0222. The van der Waals surface area contributed by atoms with Crippen molar-refractivity contribution in [1.29, 1.82) is 0 Å². The van der Waals surface area contributed by atoms with E-state index in [1.807, 2.05) is 0 Å². The highest BCUT2D eigenvalue weighted by Gasteiger charge is 2.31. The number of aliphatic hydroxyl groups is 1. The van der Waals surface area contributed by atoms with Crippen LogP contribution in [0.2, 0.25) is 0 Å². The third-order valence-electron chi connectivity index (χ3n) is 21.8. The summed E-state index contributed by atoms with van der Waals surface area (Å²) in [7, 11) is -9.94. The molecule has 3 N–H and O–H groups in total. The zero-order valence-corrected chi connectivity index (χ0v) is 74.0. The van der Waals surface area contributed by atoms with Crippen molar-refractivity contribution in [2.75, 3.05) is 39.6 Å². The average Bonchev–Trinajstić information content (AvgIpc) is 0.899. The topological polar surface area (TPSA) is 237 Å². The van der Waals surface area contributed by atoms with Gasteiger partial charge in [0.15, 0.2) is 12.2 Å². The molecule has 0 bridgehead atoms. The number of hydrogen-bond donors (Lipinski definition) is 3. The first kappa shape index (κ1) is 107. The van der Waals surface area contributed by atoms with E-state index in [2.05, 4.69) is 55.4 Å². The summed E-state index contributed by atoms with van der Waals surface area (Å²) in [6.07, 6.45) is 69.5. The minimum absolute atomic E-state index is 0.107. The van der Waals surface area contributed by atoms with E-state index in [-0.39, 0.29) is 25.7 Å². The van der Waals surface area contributed by atoms with Crippen LogP contribution in [0.1, 0.15) is 473 Å². The van der Waals surface area contributed by atoms with E-state index in [9.17, 15) is 43.2 Å². The zero-order valence-electron chi connectivity index (χ0n) is 72.2. The summed E-state index contributed by atoms with van der Waals surface area (Å²) >= 11 is 0. The molecule has 0 aliphatic carbocycles. The maximum Gasteiger partial charge on any atom is 0.472 e. The van der Waals surface area contributed by atoms with Crippen LogP contribution in [0.25, 0.3) is 0 Å². The Labute approximate surface area is 670 Å². The summed E-state index contributed by atoms with van der Waals surface area (Å²) in [4.78, 5) is 73.3. The van der Waals surface area contributed by atoms with Crippen molar-refractivity contribution in [2.24, 2.45) is 23.7 Å². The normalized spacial score (nSPS) is 14.4. The zero-order chi connectivity index (χ0) is 80.2. The van der Waals surface area contributed by atoms with E-state index in [1.54, 1.807) is 0 Å². The molecule has 0 aromatic carbocycles. The fourth-order valence-electron chi connectivity index (χ4n) is 14.0. The van der Waals surface area contributed by atoms with Gasteiger partial charge >= 0.3 is 39.5 Å². The van der Waals surface area contributed by atoms with Crippen LogP contribution in [0.4, 0.5) is 0 Å². The number of carbonyl (C=O) groups is 4. The number of aliphatic hydroxyl groups excluding tert-OH is 1. The summed E-state index contributed by atoms with van der Waals surface area (Å²) in [5.74, 6) is 1.11. The van der Waals surface area contributed by atoms with Crippen molar-refractivity contribution in [2.45, 2.75) is 491 Å². The molecule has 109 heavy (non-hydrogen) atoms. The molecular formula is C90H176O17P2. The van der Waals surface area contributed by atoms with Gasteiger partial charge in [0.2, 0.25) is 0 Å². The Morgan fingerprint density at radius 2 is 0.440 bits per heavy atom.